The van der Waals surface area contributed by atoms with Crippen LogP contribution in [0.3, 0.4) is 0 Å². The zero-order chi connectivity index (χ0) is 36.7. The second-order valence-electron chi connectivity index (χ2n) is 13.2. The maximum Gasteiger partial charge on any atom is 0.255 e. The van der Waals surface area contributed by atoms with Crippen LogP contribution in [-0.4, -0.2) is 94.8 Å². The minimum atomic E-state index is -3.17. The first-order valence-corrected chi connectivity index (χ1v) is 19.4. The zero-order valence-corrected chi connectivity index (χ0v) is 30.9. The van der Waals surface area contributed by atoms with Crippen molar-refractivity contribution >= 4 is 38.9 Å². The highest BCUT2D eigenvalue weighted by molar-refractivity contribution is 7.89. The van der Waals surface area contributed by atoms with Crippen molar-refractivity contribution in [3.05, 3.63) is 107 Å². The highest BCUT2D eigenvalue weighted by Gasteiger charge is 2.26. The summed E-state index contributed by atoms with van der Waals surface area (Å²) < 4.78 is 37.4. The van der Waals surface area contributed by atoms with Gasteiger partial charge in [-0.2, -0.15) is 4.31 Å². The first-order chi connectivity index (χ1) is 25.1. The highest BCUT2D eigenvalue weighted by atomic mass is 32.2. The summed E-state index contributed by atoms with van der Waals surface area (Å²) in [4.78, 5) is 31.1. The van der Waals surface area contributed by atoms with Gasteiger partial charge in [0, 0.05) is 79.6 Å². The Morgan fingerprint density at radius 3 is 2.12 bits per heavy atom. The molecule has 2 amide bonds. The maximum atomic E-state index is 13.4. The number of benzene rings is 4. The third-order valence-electron chi connectivity index (χ3n) is 9.56. The number of carbonyl (C=O) groups excluding carboxylic acids is 2. The Bertz CT molecular complexity index is 1970. The Morgan fingerprint density at radius 1 is 0.788 bits per heavy atom. The molecule has 2 fully saturated rings. The third-order valence-corrected chi connectivity index (χ3v) is 11.6. The Labute approximate surface area is 306 Å². The van der Waals surface area contributed by atoms with E-state index in [0.29, 0.717) is 74.9 Å². The van der Waals surface area contributed by atoms with Gasteiger partial charge in [-0.15, -0.1) is 0 Å². The number of sulfonamides is 1. The second-order valence-corrected chi connectivity index (χ2v) is 15.3. The van der Waals surface area contributed by atoms with E-state index in [1.54, 1.807) is 41.7 Å². The van der Waals surface area contributed by atoms with E-state index >= 15 is 0 Å². The number of ether oxygens (including phenoxy) is 2. The van der Waals surface area contributed by atoms with Crippen molar-refractivity contribution in [1.29, 1.82) is 0 Å². The molecule has 2 aliphatic rings. The molecule has 2 aliphatic heterocycles. The molecule has 4 aromatic carbocycles. The molecule has 0 aliphatic carbocycles. The van der Waals surface area contributed by atoms with E-state index in [-0.39, 0.29) is 17.6 Å². The van der Waals surface area contributed by atoms with Crippen LogP contribution >= 0.6 is 0 Å². The number of amides is 2. The molecule has 6 rings (SSSR count). The standard InChI is InChI=1S/C40H47N5O6S/c1-4-25-52(48,49)45-19-17-43(18-20-45)28-30-5-12-34(13-6-30)41-39(46)32-9-7-31(8-10-32)36-27-33(11-16-38(36)50-3)40(47)42-37-15-14-35(26-29(37)2)44-21-23-51-24-22-44/h5-16,26-27H,4,17-25,28H2,1-3H3,(H,41,46)(H,42,47). The van der Waals surface area contributed by atoms with Crippen molar-refractivity contribution in [2.45, 2.75) is 26.8 Å². The Hall–Kier alpha value is -4.75. The van der Waals surface area contributed by atoms with Gasteiger partial charge >= 0.3 is 0 Å². The summed E-state index contributed by atoms with van der Waals surface area (Å²) in [5.74, 6) is 0.343. The number of nitrogens with zero attached hydrogens (tertiary/aromatic N) is 3. The van der Waals surface area contributed by atoms with E-state index in [2.05, 4.69) is 26.5 Å². The predicted molar refractivity (Wildman–Crippen MR) is 206 cm³/mol. The zero-order valence-electron chi connectivity index (χ0n) is 30.1. The normalized spacial score (nSPS) is 15.6. The van der Waals surface area contributed by atoms with Crippen LogP contribution in [0.4, 0.5) is 17.1 Å². The number of nitrogens with one attached hydrogen (secondary N) is 2. The average Bonchev–Trinajstić information content (AvgIpc) is 3.16. The molecule has 11 nitrogen and oxygen atoms in total. The molecule has 12 heteroatoms. The van der Waals surface area contributed by atoms with Crippen LogP contribution in [0.15, 0.2) is 84.9 Å². The lowest BCUT2D eigenvalue weighted by atomic mass is 10.00. The summed E-state index contributed by atoms with van der Waals surface area (Å²) in [6.45, 7) is 10.1. The van der Waals surface area contributed by atoms with Gasteiger partial charge in [0.25, 0.3) is 11.8 Å². The predicted octanol–water partition coefficient (Wildman–Crippen LogP) is 5.87. The van der Waals surface area contributed by atoms with Crippen LogP contribution in [0.5, 0.6) is 5.75 Å². The lowest BCUT2D eigenvalue weighted by molar-refractivity contribution is 0.101. The van der Waals surface area contributed by atoms with Crippen LogP contribution in [-0.2, 0) is 21.3 Å². The van der Waals surface area contributed by atoms with Gasteiger partial charge < -0.3 is 25.0 Å². The quantitative estimate of drug-likeness (QED) is 0.186. The average molecular weight is 726 g/mol. The summed E-state index contributed by atoms with van der Waals surface area (Å²) in [6, 6.07) is 26.3. The fourth-order valence-corrected chi connectivity index (χ4v) is 8.08. The highest BCUT2D eigenvalue weighted by Crippen LogP contribution is 2.32. The van der Waals surface area contributed by atoms with E-state index in [1.165, 1.54) is 0 Å². The number of rotatable bonds is 12. The molecule has 0 saturated carbocycles. The lowest BCUT2D eigenvalue weighted by Gasteiger charge is -2.34. The number of aryl methyl sites for hydroxylation is 1. The number of hydrogen-bond donors (Lipinski definition) is 2. The third kappa shape index (κ3) is 8.99. The van der Waals surface area contributed by atoms with E-state index in [0.717, 1.165) is 46.7 Å². The Balaban J connectivity index is 1.05. The van der Waals surface area contributed by atoms with Crippen LogP contribution in [0.2, 0.25) is 0 Å². The Morgan fingerprint density at radius 2 is 1.46 bits per heavy atom. The summed E-state index contributed by atoms with van der Waals surface area (Å²) in [6.07, 6.45) is 0.620. The molecule has 0 aromatic heterocycles. The van der Waals surface area contributed by atoms with Crippen molar-refractivity contribution in [3.63, 3.8) is 0 Å². The first kappa shape index (κ1) is 37.0. The van der Waals surface area contributed by atoms with Gasteiger partial charge in [0.2, 0.25) is 10.0 Å². The van der Waals surface area contributed by atoms with E-state index < -0.39 is 10.0 Å². The smallest absolute Gasteiger partial charge is 0.255 e. The fourth-order valence-electron chi connectivity index (χ4n) is 6.58. The van der Waals surface area contributed by atoms with Crippen molar-refractivity contribution in [1.82, 2.24) is 9.21 Å². The van der Waals surface area contributed by atoms with Crippen molar-refractivity contribution in [2.24, 2.45) is 0 Å². The molecule has 0 radical (unpaired) electrons. The largest absolute Gasteiger partial charge is 0.496 e. The minimum Gasteiger partial charge on any atom is -0.496 e. The Kier molecular flexibility index (Phi) is 11.9. The molecule has 2 N–H and O–H groups in total. The minimum absolute atomic E-state index is 0.194. The van der Waals surface area contributed by atoms with E-state index in [9.17, 15) is 18.0 Å². The van der Waals surface area contributed by atoms with Crippen LogP contribution in [0.1, 0.15) is 45.2 Å². The molecule has 52 heavy (non-hydrogen) atoms. The number of carbonyl (C=O) groups is 2. The number of piperazine rings is 1. The van der Waals surface area contributed by atoms with Crippen molar-refractivity contribution in [2.75, 3.05) is 80.9 Å². The molecule has 0 bridgehead atoms. The molecule has 0 unspecified atom stereocenters. The molecule has 2 heterocycles. The lowest BCUT2D eigenvalue weighted by Crippen LogP contribution is -2.48. The summed E-state index contributed by atoms with van der Waals surface area (Å²) in [5.41, 5.74) is 7.13. The number of methoxy groups -OCH3 is 1. The van der Waals surface area contributed by atoms with Gasteiger partial charge in [-0.1, -0.05) is 31.2 Å². The molecule has 4 aromatic rings. The number of hydrogen-bond acceptors (Lipinski definition) is 8. The molecule has 0 atom stereocenters. The van der Waals surface area contributed by atoms with Crippen molar-refractivity contribution < 1.29 is 27.5 Å². The molecule has 274 valence electrons. The molecular formula is C40H47N5O6S. The van der Waals surface area contributed by atoms with Gasteiger partial charge in [0.1, 0.15) is 5.75 Å². The van der Waals surface area contributed by atoms with Crippen LogP contribution < -0.4 is 20.3 Å². The van der Waals surface area contributed by atoms with Crippen LogP contribution in [0, 0.1) is 6.92 Å². The van der Waals surface area contributed by atoms with Gasteiger partial charge in [0.05, 0.1) is 26.1 Å². The fraction of sp³-hybridized carbons (Fsp3) is 0.350. The first-order valence-electron chi connectivity index (χ1n) is 17.8. The summed E-state index contributed by atoms with van der Waals surface area (Å²) >= 11 is 0. The maximum absolute atomic E-state index is 13.4. The monoisotopic (exact) mass is 725 g/mol. The number of anilines is 3. The number of morpholine rings is 1. The topological polar surface area (TPSA) is 121 Å². The summed E-state index contributed by atoms with van der Waals surface area (Å²) in [5, 5.41) is 6.02. The molecular weight excluding hydrogens is 679 g/mol. The van der Waals surface area contributed by atoms with Crippen molar-refractivity contribution in [3.8, 4) is 16.9 Å². The van der Waals surface area contributed by atoms with Gasteiger partial charge in [-0.05, 0) is 90.7 Å². The van der Waals surface area contributed by atoms with Gasteiger partial charge in [-0.25, -0.2) is 8.42 Å². The molecule has 0 spiro atoms. The SMILES string of the molecule is CCCS(=O)(=O)N1CCN(Cc2ccc(NC(=O)c3ccc(-c4cc(C(=O)Nc5ccc(N6CCOCC6)cc5C)ccc4OC)cc3)cc2)CC1. The van der Waals surface area contributed by atoms with E-state index in [1.807, 2.05) is 62.4 Å². The second kappa shape index (κ2) is 16.7. The van der Waals surface area contributed by atoms with Gasteiger partial charge in [0.15, 0.2) is 0 Å². The van der Waals surface area contributed by atoms with E-state index in [4.69, 9.17) is 9.47 Å². The van der Waals surface area contributed by atoms with Gasteiger partial charge in [-0.3, -0.25) is 14.5 Å². The van der Waals surface area contributed by atoms with Crippen LogP contribution in [0.25, 0.3) is 11.1 Å². The summed E-state index contributed by atoms with van der Waals surface area (Å²) in [7, 11) is -1.58. The molecule has 2 saturated heterocycles.